The van der Waals surface area contributed by atoms with Crippen LogP contribution in [0.1, 0.15) is 32.1 Å². The van der Waals surface area contributed by atoms with Gasteiger partial charge in [0.15, 0.2) is 0 Å². The van der Waals surface area contributed by atoms with E-state index in [2.05, 4.69) is 6.58 Å². The SMILES string of the molecule is C=CCCCC(Cl)C1CC1. The zero-order valence-electron chi connectivity index (χ0n) is 6.35. The van der Waals surface area contributed by atoms with E-state index in [4.69, 9.17) is 11.6 Å². The molecule has 1 heteroatoms. The Morgan fingerprint density at radius 2 is 2.30 bits per heavy atom. The van der Waals surface area contributed by atoms with E-state index in [1.54, 1.807) is 0 Å². The molecule has 1 aliphatic carbocycles. The minimum absolute atomic E-state index is 0.458. The number of unbranched alkanes of at least 4 members (excludes halogenated alkanes) is 1. The lowest BCUT2D eigenvalue weighted by molar-refractivity contribution is 0.643. The predicted octanol–water partition coefficient (Wildman–Crippen LogP) is 3.36. The lowest BCUT2D eigenvalue weighted by Crippen LogP contribution is -1.99. The summed E-state index contributed by atoms with van der Waals surface area (Å²) >= 11 is 6.08. The summed E-state index contributed by atoms with van der Waals surface area (Å²) < 4.78 is 0. The molecule has 1 fully saturated rings. The standard InChI is InChI=1S/C9H15Cl/c1-2-3-4-5-9(10)8-6-7-8/h2,8-9H,1,3-7H2. The monoisotopic (exact) mass is 158 g/mol. The average molecular weight is 159 g/mol. The Morgan fingerprint density at radius 3 is 2.80 bits per heavy atom. The molecule has 10 heavy (non-hydrogen) atoms. The van der Waals surface area contributed by atoms with Gasteiger partial charge in [-0.25, -0.2) is 0 Å². The van der Waals surface area contributed by atoms with Crippen LogP contribution in [0.4, 0.5) is 0 Å². The van der Waals surface area contributed by atoms with E-state index in [0.29, 0.717) is 5.38 Å². The van der Waals surface area contributed by atoms with Gasteiger partial charge in [-0.05, 0) is 38.0 Å². The Balaban J connectivity index is 1.95. The van der Waals surface area contributed by atoms with Gasteiger partial charge in [-0.1, -0.05) is 6.08 Å². The molecule has 0 radical (unpaired) electrons. The summed E-state index contributed by atoms with van der Waals surface area (Å²) in [7, 11) is 0. The second kappa shape index (κ2) is 4.02. The summed E-state index contributed by atoms with van der Waals surface area (Å²) in [6.07, 6.45) is 8.21. The summed E-state index contributed by atoms with van der Waals surface area (Å²) in [4.78, 5) is 0. The number of hydrogen-bond donors (Lipinski definition) is 0. The Kier molecular flexibility index (Phi) is 3.27. The number of alkyl halides is 1. The van der Waals surface area contributed by atoms with Crippen LogP contribution in [0.25, 0.3) is 0 Å². The van der Waals surface area contributed by atoms with Gasteiger partial charge < -0.3 is 0 Å². The van der Waals surface area contributed by atoms with Crippen molar-refractivity contribution in [2.75, 3.05) is 0 Å². The van der Waals surface area contributed by atoms with Crippen molar-refractivity contribution < 1.29 is 0 Å². The molecule has 0 aromatic carbocycles. The van der Waals surface area contributed by atoms with Crippen LogP contribution in [0.3, 0.4) is 0 Å². The van der Waals surface area contributed by atoms with Crippen LogP contribution in [-0.4, -0.2) is 5.38 Å². The molecule has 1 rings (SSSR count). The minimum atomic E-state index is 0.458. The molecule has 0 aromatic heterocycles. The second-order valence-corrected chi connectivity index (χ2v) is 3.63. The van der Waals surface area contributed by atoms with Crippen LogP contribution in [-0.2, 0) is 0 Å². The summed E-state index contributed by atoms with van der Waals surface area (Å²) in [5.41, 5.74) is 0. The van der Waals surface area contributed by atoms with Gasteiger partial charge in [-0.2, -0.15) is 0 Å². The first-order valence-corrected chi connectivity index (χ1v) is 4.53. The fraction of sp³-hybridized carbons (Fsp3) is 0.778. The molecular formula is C9H15Cl. The third kappa shape index (κ3) is 2.74. The molecule has 1 unspecified atom stereocenters. The lowest BCUT2D eigenvalue weighted by atomic mass is 10.1. The molecule has 0 aromatic rings. The maximum Gasteiger partial charge on any atom is 0.0364 e. The fourth-order valence-electron chi connectivity index (χ4n) is 1.15. The van der Waals surface area contributed by atoms with Crippen molar-refractivity contribution in [3.8, 4) is 0 Å². The molecule has 1 saturated carbocycles. The van der Waals surface area contributed by atoms with Crippen LogP contribution in [0, 0.1) is 5.92 Å². The Hall–Kier alpha value is 0.0300. The van der Waals surface area contributed by atoms with Gasteiger partial charge in [-0.3, -0.25) is 0 Å². The maximum absolute atomic E-state index is 6.08. The topological polar surface area (TPSA) is 0 Å². The summed E-state index contributed by atoms with van der Waals surface area (Å²) in [5, 5.41) is 0.458. The first kappa shape index (κ1) is 8.13. The largest absolute Gasteiger partial charge is 0.123 e. The number of allylic oxidation sites excluding steroid dienone is 1. The van der Waals surface area contributed by atoms with E-state index in [9.17, 15) is 0 Å². The highest BCUT2D eigenvalue weighted by Gasteiger charge is 2.28. The van der Waals surface area contributed by atoms with Gasteiger partial charge in [-0.15, -0.1) is 18.2 Å². The van der Waals surface area contributed by atoms with Crippen molar-refractivity contribution in [1.82, 2.24) is 0 Å². The van der Waals surface area contributed by atoms with E-state index in [1.165, 1.54) is 25.7 Å². The van der Waals surface area contributed by atoms with Crippen LogP contribution < -0.4 is 0 Å². The lowest BCUT2D eigenvalue weighted by Gasteiger charge is -2.04. The summed E-state index contributed by atoms with van der Waals surface area (Å²) in [5.74, 6) is 0.853. The average Bonchev–Trinajstić information content (AvgIpc) is 2.69. The highest BCUT2D eigenvalue weighted by molar-refractivity contribution is 6.20. The molecule has 0 aliphatic heterocycles. The van der Waals surface area contributed by atoms with E-state index in [1.807, 2.05) is 6.08 Å². The first-order valence-electron chi connectivity index (χ1n) is 4.09. The Morgan fingerprint density at radius 1 is 1.60 bits per heavy atom. The first-order chi connectivity index (χ1) is 4.84. The number of hydrogen-bond acceptors (Lipinski definition) is 0. The molecule has 0 nitrogen and oxygen atoms in total. The van der Waals surface area contributed by atoms with Gasteiger partial charge in [0.1, 0.15) is 0 Å². The van der Waals surface area contributed by atoms with Gasteiger partial charge in [0.05, 0.1) is 0 Å². The minimum Gasteiger partial charge on any atom is -0.123 e. The normalized spacial score (nSPS) is 20.5. The second-order valence-electron chi connectivity index (χ2n) is 3.07. The zero-order chi connectivity index (χ0) is 7.40. The summed E-state index contributed by atoms with van der Waals surface area (Å²) in [6.45, 7) is 3.67. The molecule has 0 spiro atoms. The Bertz CT molecular complexity index is 105. The van der Waals surface area contributed by atoms with Crippen molar-refractivity contribution in [2.24, 2.45) is 5.92 Å². The highest BCUT2D eigenvalue weighted by atomic mass is 35.5. The molecule has 1 aliphatic rings. The molecule has 58 valence electrons. The molecule has 0 saturated heterocycles. The van der Waals surface area contributed by atoms with Gasteiger partial charge in [0, 0.05) is 5.38 Å². The third-order valence-electron chi connectivity index (χ3n) is 2.02. The van der Waals surface area contributed by atoms with Crippen molar-refractivity contribution in [1.29, 1.82) is 0 Å². The predicted molar refractivity (Wildman–Crippen MR) is 46.4 cm³/mol. The molecule has 0 amide bonds. The summed E-state index contributed by atoms with van der Waals surface area (Å²) in [6, 6.07) is 0. The van der Waals surface area contributed by atoms with Crippen LogP contribution in [0.5, 0.6) is 0 Å². The van der Waals surface area contributed by atoms with Crippen molar-refractivity contribution in [2.45, 2.75) is 37.5 Å². The van der Waals surface area contributed by atoms with E-state index >= 15 is 0 Å². The molecule has 1 atom stereocenters. The van der Waals surface area contributed by atoms with Gasteiger partial charge in [0.25, 0.3) is 0 Å². The third-order valence-corrected chi connectivity index (χ3v) is 2.60. The quantitative estimate of drug-likeness (QED) is 0.327. The van der Waals surface area contributed by atoms with E-state index < -0.39 is 0 Å². The molecular weight excluding hydrogens is 144 g/mol. The highest BCUT2D eigenvalue weighted by Crippen LogP contribution is 2.37. The van der Waals surface area contributed by atoms with Crippen molar-refractivity contribution >= 4 is 11.6 Å². The van der Waals surface area contributed by atoms with Gasteiger partial charge >= 0.3 is 0 Å². The molecule has 0 N–H and O–H groups in total. The molecule has 0 heterocycles. The zero-order valence-corrected chi connectivity index (χ0v) is 7.11. The van der Waals surface area contributed by atoms with Crippen molar-refractivity contribution in [3.05, 3.63) is 12.7 Å². The van der Waals surface area contributed by atoms with Crippen LogP contribution >= 0.6 is 11.6 Å². The van der Waals surface area contributed by atoms with Gasteiger partial charge in [0.2, 0.25) is 0 Å². The number of rotatable bonds is 5. The van der Waals surface area contributed by atoms with Crippen LogP contribution in [0.2, 0.25) is 0 Å². The Labute approximate surface area is 68.3 Å². The van der Waals surface area contributed by atoms with E-state index in [0.717, 1.165) is 12.3 Å². The van der Waals surface area contributed by atoms with E-state index in [-0.39, 0.29) is 0 Å². The maximum atomic E-state index is 6.08. The van der Waals surface area contributed by atoms with Crippen molar-refractivity contribution in [3.63, 3.8) is 0 Å². The molecule has 0 bridgehead atoms. The smallest absolute Gasteiger partial charge is 0.0364 e. The van der Waals surface area contributed by atoms with Crippen LogP contribution in [0.15, 0.2) is 12.7 Å². The fourth-order valence-corrected chi connectivity index (χ4v) is 1.56. The number of halogens is 1.